The molecule has 4 rings (SSSR count). The molecule has 0 saturated carbocycles. The number of benzene rings is 1. The second-order valence-electron chi connectivity index (χ2n) is 6.25. The average Bonchev–Trinajstić information content (AvgIpc) is 3.34. The maximum Gasteiger partial charge on any atom is 0.305 e. The fourth-order valence-corrected chi connectivity index (χ4v) is 5.33. The standard InChI is InChI=1S/C18H17N3O5S2/c22-17(6-3-13-2-1-11-26-13)20-7-9-21(10-8-20)28(24,25)14-4-5-15-16(12-14)27-18(23)19-15/h1-6,11-12H,7-10H2,(H,19,23)/b6-3+. The van der Waals surface area contributed by atoms with Crippen LogP contribution >= 0.6 is 11.3 Å². The fraction of sp³-hybridized carbons (Fsp3) is 0.222. The molecule has 10 heteroatoms. The molecule has 3 aromatic rings. The zero-order chi connectivity index (χ0) is 19.7. The van der Waals surface area contributed by atoms with Gasteiger partial charge in [0.15, 0.2) is 0 Å². The Morgan fingerprint density at radius 3 is 2.68 bits per heavy atom. The Bertz CT molecular complexity index is 1180. The fourth-order valence-electron chi connectivity index (χ4n) is 3.03. The van der Waals surface area contributed by atoms with Gasteiger partial charge in [-0.2, -0.15) is 4.31 Å². The van der Waals surface area contributed by atoms with Gasteiger partial charge in [0.25, 0.3) is 0 Å². The summed E-state index contributed by atoms with van der Waals surface area (Å²) in [7, 11) is -3.69. The van der Waals surface area contributed by atoms with Gasteiger partial charge in [-0.25, -0.2) is 8.42 Å². The monoisotopic (exact) mass is 419 g/mol. The number of hydrogen-bond donors (Lipinski definition) is 1. The zero-order valence-corrected chi connectivity index (χ0v) is 16.3. The number of fused-ring (bicyclic) bond motifs is 1. The number of rotatable bonds is 4. The third-order valence-electron chi connectivity index (χ3n) is 4.51. The summed E-state index contributed by atoms with van der Waals surface area (Å²) in [6, 6.07) is 8.07. The molecule has 28 heavy (non-hydrogen) atoms. The van der Waals surface area contributed by atoms with Crippen LogP contribution in [0.4, 0.5) is 0 Å². The third kappa shape index (κ3) is 3.66. The maximum absolute atomic E-state index is 12.9. The number of hydrogen-bond acceptors (Lipinski definition) is 6. The summed E-state index contributed by atoms with van der Waals surface area (Å²) in [5, 5.41) is 0. The van der Waals surface area contributed by atoms with E-state index in [2.05, 4.69) is 4.98 Å². The number of nitrogens with one attached hydrogen (secondary N) is 1. The Labute approximate surface area is 164 Å². The van der Waals surface area contributed by atoms with E-state index in [4.69, 9.17) is 4.42 Å². The molecular weight excluding hydrogens is 402 g/mol. The molecule has 0 radical (unpaired) electrons. The lowest BCUT2D eigenvalue weighted by molar-refractivity contribution is -0.127. The number of nitrogens with zero attached hydrogens (tertiary/aromatic N) is 2. The SMILES string of the molecule is O=C(/C=C/c1ccco1)N1CCN(S(=O)(=O)c2ccc3[nH]c(=O)sc3c2)CC1. The first-order valence-electron chi connectivity index (χ1n) is 8.57. The molecule has 1 aliphatic heterocycles. The first-order valence-corrected chi connectivity index (χ1v) is 10.8. The first kappa shape index (κ1) is 18.7. The minimum absolute atomic E-state index is 0.146. The van der Waals surface area contributed by atoms with Crippen molar-refractivity contribution in [2.45, 2.75) is 4.90 Å². The lowest BCUT2D eigenvalue weighted by Gasteiger charge is -2.33. The summed E-state index contributed by atoms with van der Waals surface area (Å²) in [4.78, 5) is 27.9. The molecule has 1 N–H and O–H groups in total. The molecule has 0 aliphatic carbocycles. The highest BCUT2D eigenvalue weighted by atomic mass is 32.2. The number of furan rings is 1. The predicted octanol–water partition coefficient (Wildman–Crippen LogP) is 1.73. The van der Waals surface area contributed by atoms with E-state index >= 15 is 0 Å². The smallest absolute Gasteiger partial charge is 0.305 e. The first-order chi connectivity index (χ1) is 13.4. The van der Waals surface area contributed by atoms with Gasteiger partial charge in [-0.1, -0.05) is 11.3 Å². The lowest BCUT2D eigenvalue weighted by atomic mass is 10.3. The van der Waals surface area contributed by atoms with E-state index in [1.807, 2.05) is 0 Å². The zero-order valence-electron chi connectivity index (χ0n) is 14.7. The highest BCUT2D eigenvalue weighted by molar-refractivity contribution is 7.89. The number of amides is 1. The van der Waals surface area contributed by atoms with E-state index in [1.54, 1.807) is 29.2 Å². The van der Waals surface area contributed by atoms with Gasteiger partial charge < -0.3 is 14.3 Å². The highest BCUT2D eigenvalue weighted by Gasteiger charge is 2.29. The van der Waals surface area contributed by atoms with Crippen molar-refractivity contribution < 1.29 is 17.6 Å². The second-order valence-corrected chi connectivity index (χ2v) is 9.20. The third-order valence-corrected chi connectivity index (χ3v) is 7.25. The predicted molar refractivity (Wildman–Crippen MR) is 106 cm³/mol. The van der Waals surface area contributed by atoms with Gasteiger partial charge >= 0.3 is 4.87 Å². The molecule has 3 heterocycles. The summed E-state index contributed by atoms with van der Waals surface area (Å²) in [5.74, 6) is 0.393. The minimum Gasteiger partial charge on any atom is -0.465 e. The number of piperazine rings is 1. The van der Waals surface area contributed by atoms with E-state index in [0.29, 0.717) is 29.1 Å². The van der Waals surface area contributed by atoms with Crippen LogP contribution in [0.5, 0.6) is 0 Å². The molecule has 0 bridgehead atoms. The molecule has 1 saturated heterocycles. The van der Waals surface area contributed by atoms with Gasteiger partial charge in [0.05, 0.1) is 21.4 Å². The number of thiazole rings is 1. The molecule has 0 atom stereocenters. The topological polar surface area (TPSA) is 104 Å². The average molecular weight is 419 g/mol. The second kappa shape index (κ2) is 7.38. The molecule has 8 nitrogen and oxygen atoms in total. The van der Waals surface area contributed by atoms with Crippen LogP contribution in [0.15, 0.2) is 56.8 Å². The van der Waals surface area contributed by atoms with Crippen molar-refractivity contribution in [3.05, 3.63) is 58.1 Å². The van der Waals surface area contributed by atoms with Crippen LogP contribution in [0.3, 0.4) is 0 Å². The molecule has 0 unspecified atom stereocenters. The van der Waals surface area contributed by atoms with Crippen molar-refractivity contribution in [1.29, 1.82) is 0 Å². The number of sulfonamides is 1. The van der Waals surface area contributed by atoms with Gasteiger partial charge in [0.1, 0.15) is 5.76 Å². The van der Waals surface area contributed by atoms with Crippen molar-refractivity contribution in [1.82, 2.24) is 14.2 Å². The number of aromatic amines is 1. The van der Waals surface area contributed by atoms with Crippen LogP contribution in [0.1, 0.15) is 5.76 Å². The molecule has 1 fully saturated rings. The summed E-state index contributed by atoms with van der Waals surface area (Å²) in [5.41, 5.74) is 0.618. The number of carbonyl (C=O) groups is 1. The molecule has 0 spiro atoms. The molecule has 146 valence electrons. The van der Waals surface area contributed by atoms with E-state index in [1.165, 1.54) is 28.8 Å². The van der Waals surface area contributed by atoms with Crippen molar-refractivity contribution in [3.8, 4) is 0 Å². The Kier molecular flexibility index (Phi) is 4.92. The number of H-pyrrole nitrogens is 1. The normalized spacial score (nSPS) is 16.2. The van der Waals surface area contributed by atoms with Crippen molar-refractivity contribution in [2.24, 2.45) is 0 Å². The van der Waals surface area contributed by atoms with Gasteiger partial charge in [-0.3, -0.25) is 9.59 Å². The van der Waals surface area contributed by atoms with E-state index < -0.39 is 10.0 Å². The van der Waals surface area contributed by atoms with E-state index in [0.717, 1.165) is 11.3 Å². The summed E-state index contributed by atoms with van der Waals surface area (Å²) < 4.78 is 32.9. The summed E-state index contributed by atoms with van der Waals surface area (Å²) in [6.45, 7) is 1.04. The van der Waals surface area contributed by atoms with Crippen LogP contribution < -0.4 is 4.87 Å². The Balaban J connectivity index is 1.44. The van der Waals surface area contributed by atoms with Crippen molar-refractivity contribution >= 4 is 43.6 Å². The van der Waals surface area contributed by atoms with Crippen LogP contribution in [0, 0.1) is 0 Å². The molecule has 1 amide bonds. The molecule has 1 aromatic carbocycles. The summed E-state index contributed by atoms with van der Waals surface area (Å²) in [6.07, 6.45) is 4.53. The lowest BCUT2D eigenvalue weighted by Crippen LogP contribution is -2.50. The quantitative estimate of drug-likeness (QED) is 0.649. The molecular formula is C18H17N3O5S2. The van der Waals surface area contributed by atoms with Crippen LogP contribution in [0.2, 0.25) is 0 Å². The molecule has 2 aromatic heterocycles. The highest BCUT2D eigenvalue weighted by Crippen LogP contribution is 2.23. The van der Waals surface area contributed by atoms with Crippen LogP contribution in [0.25, 0.3) is 16.3 Å². The van der Waals surface area contributed by atoms with Gasteiger partial charge in [0, 0.05) is 32.3 Å². The van der Waals surface area contributed by atoms with Crippen LogP contribution in [-0.2, 0) is 14.8 Å². The van der Waals surface area contributed by atoms with Crippen molar-refractivity contribution in [3.63, 3.8) is 0 Å². The minimum atomic E-state index is -3.69. The Hall–Kier alpha value is -2.69. The van der Waals surface area contributed by atoms with Crippen molar-refractivity contribution in [2.75, 3.05) is 26.2 Å². The van der Waals surface area contributed by atoms with Gasteiger partial charge in [-0.05, 0) is 36.4 Å². The van der Waals surface area contributed by atoms with Gasteiger partial charge in [0.2, 0.25) is 15.9 Å². The molecule has 1 aliphatic rings. The van der Waals surface area contributed by atoms with E-state index in [9.17, 15) is 18.0 Å². The Morgan fingerprint density at radius 1 is 1.18 bits per heavy atom. The van der Waals surface area contributed by atoms with E-state index in [-0.39, 0.29) is 28.8 Å². The Morgan fingerprint density at radius 2 is 1.96 bits per heavy atom. The number of aromatic nitrogens is 1. The van der Waals surface area contributed by atoms with Gasteiger partial charge in [-0.15, -0.1) is 0 Å². The number of carbonyl (C=O) groups excluding carboxylic acids is 1. The maximum atomic E-state index is 12.9. The van der Waals surface area contributed by atoms with Crippen LogP contribution in [-0.4, -0.2) is 54.7 Å². The largest absolute Gasteiger partial charge is 0.465 e. The summed E-state index contributed by atoms with van der Waals surface area (Å²) >= 11 is 0.975.